The fraction of sp³-hybridized carbons (Fsp3) is 0.714. The molecule has 0 fully saturated rings. The average molecular weight is 97.2 g/mol. The van der Waals surface area contributed by atoms with Gasteiger partial charge in [-0.2, -0.15) is 0 Å². The van der Waals surface area contributed by atoms with Crippen LogP contribution in [0.15, 0.2) is 5.57 Å². The van der Waals surface area contributed by atoms with Gasteiger partial charge in [-0.05, 0) is 26.3 Å². The van der Waals surface area contributed by atoms with Crippen molar-refractivity contribution in [3.05, 3.63) is 11.6 Å². The van der Waals surface area contributed by atoms with Crippen molar-refractivity contribution in [3.8, 4) is 0 Å². The largest absolute Gasteiger partial charge is 0.0730 e. The molecule has 0 atom stereocenters. The van der Waals surface area contributed by atoms with Crippen molar-refractivity contribution < 1.29 is 0 Å². The Hall–Kier alpha value is -0.260. The van der Waals surface area contributed by atoms with E-state index >= 15 is 0 Å². The summed E-state index contributed by atoms with van der Waals surface area (Å²) in [5.41, 5.74) is 1.31. The predicted octanol–water partition coefficient (Wildman–Crippen LogP) is 2.56. The van der Waals surface area contributed by atoms with Gasteiger partial charge in [-0.25, -0.2) is 0 Å². The third-order valence-corrected chi connectivity index (χ3v) is 0.729. The zero-order chi connectivity index (χ0) is 5.70. The van der Waals surface area contributed by atoms with Gasteiger partial charge in [0, 0.05) is 0 Å². The Balaban J connectivity index is 3.08. The van der Waals surface area contributed by atoms with E-state index < -0.39 is 0 Å². The molecule has 0 aromatic rings. The lowest BCUT2D eigenvalue weighted by Gasteiger charge is -1.83. The van der Waals surface area contributed by atoms with Crippen LogP contribution in [0.2, 0.25) is 0 Å². The Labute approximate surface area is 46.2 Å². The average Bonchev–Trinajstić information content (AvgIpc) is 1.61. The number of rotatable bonds is 2. The van der Waals surface area contributed by atoms with E-state index in [-0.39, 0.29) is 0 Å². The lowest BCUT2D eigenvalue weighted by atomic mass is 10.2. The van der Waals surface area contributed by atoms with Crippen molar-refractivity contribution in [2.24, 2.45) is 0 Å². The highest BCUT2D eigenvalue weighted by molar-refractivity contribution is 4.85. The van der Waals surface area contributed by atoms with Gasteiger partial charge in [0.25, 0.3) is 0 Å². The van der Waals surface area contributed by atoms with Crippen LogP contribution >= 0.6 is 0 Å². The first-order valence-corrected chi connectivity index (χ1v) is 2.81. The molecule has 0 aromatic carbocycles. The molecule has 0 saturated heterocycles. The number of hydrogen-bond donors (Lipinski definition) is 0. The summed E-state index contributed by atoms with van der Waals surface area (Å²) in [5.74, 6) is 0. The van der Waals surface area contributed by atoms with Gasteiger partial charge < -0.3 is 0 Å². The van der Waals surface area contributed by atoms with Crippen molar-refractivity contribution in [1.29, 1.82) is 0 Å². The predicted molar refractivity (Wildman–Crippen MR) is 33.0 cm³/mol. The van der Waals surface area contributed by atoms with Crippen LogP contribution in [0, 0.1) is 6.08 Å². The second-order valence-electron chi connectivity index (χ2n) is 1.93. The summed E-state index contributed by atoms with van der Waals surface area (Å²) in [6, 6.07) is 0. The first kappa shape index (κ1) is 6.74. The quantitative estimate of drug-likeness (QED) is 0.496. The third-order valence-electron chi connectivity index (χ3n) is 0.729. The van der Waals surface area contributed by atoms with Crippen LogP contribution in [-0.4, -0.2) is 0 Å². The highest BCUT2D eigenvalue weighted by Crippen LogP contribution is 1.92. The molecular formula is C7H13. The van der Waals surface area contributed by atoms with Gasteiger partial charge >= 0.3 is 0 Å². The van der Waals surface area contributed by atoms with Gasteiger partial charge in [0.2, 0.25) is 0 Å². The summed E-state index contributed by atoms with van der Waals surface area (Å²) in [5, 5.41) is 0. The molecule has 0 rings (SSSR count). The van der Waals surface area contributed by atoms with Crippen molar-refractivity contribution >= 4 is 0 Å². The molecule has 0 bridgehead atoms. The van der Waals surface area contributed by atoms with Crippen LogP contribution in [0.4, 0.5) is 0 Å². The summed E-state index contributed by atoms with van der Waals surface area (Å²) in [4.78, 5) is 0. The molecule has 0 saturated carbocycles. The molecule has 7 heavy (non-hydrogen) atoms. The third kappa shape index (κ3) is 5.74. The fourth-order valence-electron chi connectivity index (χ4n) is 0.375. The minimum absolute atomic E-state index is 1.11. The van der Waals surface area contributed by atoms with E-state index in [0.717, 1.165) is 6.42 Å². The monoisotopic (exact) mass is 97.1 g/mol. The van der Waals surface area contributed by atoms with Crippen LogP contribution in [-0.2, 0) is 0 Å². The molecule has 0 aliphatic carbocycles. The SMILES string of the molecule is CCC[C]=C(C)C. The van der Waals surface area contributed by atoms with Crippen LogP contribution in [0.25, 0.3) is 0 Å². The standard InChI is InChI=1S/C7H13/c1-4-5-6-7(2)3/h4-5H2,1-3H3. The Morgan fingerprint density at radius 3 is 2.14 bits per heavy atom. The van der Waals surface area contributed by atoms with E-state index in [2.05, 4.69) is 26.8 Å². The first-order chi connectivity index (χ1) is 3.27. The smallest absolute Gasteiger partial charge is 0.0279 e. The van der Waals surface area contributed by atoms with E-state index in [9.17, 15) is 0 Å². The van der Waals surface area contributed by atoms with Gasteiger partial charge in [-0.15, -0.1) is 0 Å². The maximum absolute atomic E-state index is 3.21. The molecule has 0 aliphatic heterocycles. The summed E-state index contributed by atoms with van der Waals surface area (Å²) < 4.78 is 0. The molecule has 0 nitrogen and oxygen atoms in total. The Morgan fingerprint density at radius 1 is 1.43 bits per heavy atom. The van der Waals surface area contributed by atoms with Gasteiger partial charge in [-0.3, -0.25) is 0 Å². The minimum Gasteiger partial charge on any atom is -0.0730 e. The number of hydrogen-bond acceptors (Lipinski definition) is 0. The van der Waals surface area contributed by atoms with Gasteiger partial charge in [-0.1, -0.05) is 18.9 Å². The molecular weight excluding hydrogens is 84.1 g/mol. The van der Waals surface area contributed by atoms with Crippen LogP contribution in [0.1, 0.15) is 33.6 Å². The van der Waals surface area contributed by atoms with Crippen LogP contribution in [0.3, 0.4) is 0 Å². The van der Waals surface area contributed by atoms with E-state index in [1.807, 2.05) is 0 Å². The van der Waals surface area contributed by atoms with Crippen molar-refractivity contribution in [1.82, 2.24) is 0 Å². The molecule has 41 valence electrons. The van der Waals surface area contributed by atoms with Gasteiger partial charge in [0.15, 0.2) is 0 Å². The maximum Gasteiger partial charge on any atom is -0.0279 e. The summed E-state index contributed by atoms with van der Waals surface area (Å²) in [7, 11) is 0. The van der Waals surface area contributed by atoms with Crippen LogP contribution < -0.4 is 0 Å². The van der Waals surface area contributed by atoms with E-state index in [1.165, 1.54) is 12.0 Å². The van der Waals surface area contributed by atoms with E-state index in [1.54, 1.807) is 0 Å². The molecule has 1 radical (unpaired) electrons. The van der Waals surface area contributed by atoms with Crippen LogP contribution in [0.5, 0.6) is 0 Å². The number of unbranched alkanes of at least 4 members (excludes halogenated alkanes) is 1. The molecule has 0 aliphatic rings. The fourth-order valence-corrected chi connectivity index (χ4v) is 0.375. The number of allylic oxidation sites excluding steroid dienone is 2. The zero-order valence-electron chi connectivity index (χ0n) is 5.41. The van der Waals surface area contributed by atoms with Crippen molar-refractivity contribution in [3.63, 3.8) is 0 Å². The summed E-state index contributed by atoms with van der Waals surface area (Å²) in [6.07, 6.45) is 5.54. The molecule has 0 unspecified atom stereocenters. The Kier molecular flexibility index (Phi) is 3.77. The lowest BCUT2D eigenvalue weighted by molar-refractivity contribution is 0.927. The topological polar surface area (TPSA) is 0 Å². The molecule has 0 N–H and O–H groups in total. The molecule has 0 heterocycles. The molecule has 0 heteroatoms. The first-order valence-electron chi connectivity index (χ1n) is 2.81. The maximum atomic E-state index is 3.21. The highest BCUT2D eigenvalue weighted by atomic mass is 13.8. The second kappa shape index (κ2) is 3.91. The van der Waals surface area contributed by atoms with Crippen molar-refractivity contribution in [2.45, 2.75) is 33.6 Å². The molecule has 0 aromatic heterocycles. The summed E-state index contributed by atoms with van der Waals surface area (Å²) in [6.45, 7) is 6.32. The zero-order valence-corrected chi connectivity index (χ0v) is 5.41. The van der Waals surface area contributed by atoms with E-state index in [4.69, 9.17) is 0 Å². The second-order valence-corrected chi connectivity index (χ2v) is 1.93. The van der Waals surface area contributed by atoms with E-state index in [0.29, 0.717) is 0 Å². The molecule has 0 spiro atoms. The normalized spacial score (nSPS) is 8.43. The van der Waals surface area contributed by atoms with Crippen molar-refractivity contribution in [2.75, 3.05) is 0 Å². The summed E-state index contributed by atoms with van der Waals surface area (Å²) >= 11 is 0. The Bertz CT molecular complexity index is 56.4. The highest BCUT2D eigenvalue weighted by Gasteiger charge is 1.74. The Morgan fingerprint density at radius 2 is 2.00 bits per heavy atom. The van der Waals surface area contributed by atoms with Gasteiger partial charge in [0.1, 0.15) is 0 Å². The minimum atomic E-state index is 1.11. The molecule has 0 amide bonds. The van der Waals surface area contributed by atoms with Gasteiger partial charge in [0.05, 0.1) is 0 Å². The lowest BCUT2D eigenvalue weighted by Crippen LogP contribution is -1.65.